The van der Waals surface area contributed by atoms with Crippen LogP contribution in [0.5, 0.6) is 0 Å². The van der Waals surface area contributed by atoms with E-state index in [4.69, 9.17) is 0 Å². The van der Waals surface area contributed by atoms with Crippen molar-refractivity contribution in [3.8, 4) is 0 Å². The molecule has 2 heterocycles. The van der Waals surface area contributed by atoms with Gasteiger partial charge in [0.1, 0.15) is 5.82 Å². The maximum absolute atomic E-state index is 12.6. The Morgan fingerprint density at radius 1 is 1.31 bits per heavy atom. The lowest BCUT2D eigenvalue weighted by Crippen LogP contribution is -2.54. The zero-order valence-corrected chi connectivity index (χ0v) is 14.9. The Morgan fingerprint density at radius 2 is 2.15 bits per heavy atom. The number of amides is 1. The van der Waals surface area contributed by atoms with Crippen LogP contribution in [0.1, 0.15) is 44.3 Å². The first-order valence-electron chi connectivity index (χ1n) is 9.53. The summed E-state index contributed by atoms with van der Waals surface area (Å²) in [5, 5.41) is 11.3. The SMILES string of the molecule is O=C(CCc1nc2ccccc2c(=O)[nH]1)N1CC[C@@]2(O)CCCC[C@@H]2C1. The lowest BCUT2D eigenvalue weighted by atomic mass is 9.71. The number of H-pyrrole nitrogens is 1. The molecule has 6 nitrogen and oxygen atoms in total. The van der Waals surface area contributed by atoms with Crippen molar-refractivity contribution in [2.45, 2.75) is 50.5 Å². The van der Waals surface area contributed by atoms with Crippen LogP contribution in [-0.2, 0) is 11.2 Å². The molecule has 0 radical (unpaired) electrons. The Hall–Kier alpha value is -2.21. The summed E-state index contributed by atoms with van der Waals surface area (Å²) >= 11 is 0. The fourth-order valence-electron chi connectivity index (χ4n) is 4.43. The van der Waals surface area contributed by atoms with Crippen LogP contribution in [0.25, 0.3) is 10.9 Å². The highest BCUT2D eigenvalue weighted by molar-refractivity contribution is 5.78. The van der Waals surface area contributed by atoms with Crippen molar-refractivity contribution in [1.82, 2.24) is 14.9 Å². The molecule has 2 aliphatic rings. The number of hydrogen-bond donors (Lipinski definition) is 2. The predicted octanol–water partition coefficient (Wildman–Crippen LogP) is 2.01. The lowest BCUT2D eigenvalue weighted by molar-refractivity contribution is -0.143. The molecule has 1 saturated carbocycles. The number of nitrogens with zero attached hydrogens (tertiary/aromatic N) is 2. The number of aromatic amines is 1. The molecule has 2 aromatic rings. The minimum atomic E-state index is -0.569. The molecule has 1 saturated heterocycles. The van der Waals surface area contributed by atoms with Crippen LogP contribution in [-0.4, -0.2) is 44.6 Å². The Morgan fingerprint density at radius 3 is 3.04 bits per heavy atom. The number of aliphatic hydroxyl groups is 1. The largest absolute Gasteiger partial charge is 0.389 e. The number of carbonyl (C=O) groups excluding carboxylic acids is 1. The first-order chi connectivity index (χ1) is 12.5. The van der Waals surface area contributed by atoms with Gasteiger partial charge in [-0.2, -0.15) is 0 Å². The van der Waals surface area contributed by atoms with Gasteiger partial charge in [0.25, 0.3) is 5.56 Å². The van der Waals surface area contributed by atoms with E-state index in [1.54, 1.807) is 6.07 Å². The zero-order chi connectivity index (χ0) is 18.1. The maximum Gasteiger partial charge on any atom is 0.258 e. The van der Waals surface area contributed by atoms with E-state index >= 15 is 0 Å². The molecule has 2 N–H and O–H groups in total. The van der Waals surface area contributed by atoms with Crippen LogP contribution >= 0.6 is 0 Å². The summed E-state index contributed by atoms with van der Waals surface area (Å²) in [6, 6.07) is 7.22. The number of nitrogens with one attached hydrogen (secondary N) is 1. The van der Waals surface area contributed by atoms with Gasteiger partial charge in [0, 0.05) is 31.8 Å². The third-order valence-corrected chi connectivity index (χ3v) is 6.02. The third-order valence-electron chi connectivity index (χ3n) is 6.02. The zero-order valence-electron chi connectivity index (χ0n) is 14.9. The molecule has 1 amide bonds. The van der Waals surface area contributed by atoms with E-state index < -0.39 is 5.60 Å². The van der Waals surface area contributed by atoms with E-state index in [-0.39, 0.29) is 17.4 Å². The van der Waals surface area contributed by atoms with Gasteiger partial charge in [-0.1, -0.05) is 25.0 Å². The van der Waals surface area contributed by atoms with E-state index in [1.165, 1.54) is 0 Å². The van der Waals surface area contributed by atoms with Gasteiger partial charge in [-0.3, -0.25) is 9.59 Å². The van der Waals surface area contributed by atoms with Gasteiger partial charge in [-0.15, -0.1) is 0 Å². The number of rotatable bonds is 3. The van der Waals surface area contributed by atoms with Crippen molar-refractivity contribution in [3.63, 3.8) is 0 Å². The maximum atomic E-state index is 12.6. The third kappa shape index (κ3) is 3.26. The molecule has 0 unspecified atom stereocenters. The quantitative estimate of drug-likeness (QED) is 0.882. The molecule has 0 bridgehead atoms. The number of fused-ring (bicyclic) bond motifs is 2. The highest BCUT2D eigenvalue weighted by Gasteiger charge is 2.43. The summed E-state index contributed by atoms with van der Waals surface area (Å²) in [5.41, 5.74) is -0.0765. The monoisotopic (exact) mass is 355 g/mol. The molecule has 2 fully saturated rings. The molecule has 1 aliphatic heterocycles. The fraction of sp³-hybridized carbons (Fsp3) is 0.550. The van der Waals surface area contributed by atoms with Gasteiger partial charge in [0.05, 0.1) is 16.5 Å². The lowest BCUT2D eigenvalue weighted by Gasteiger charge is -2.47. The van der Waals surface area contributed by atoms with Gasteiger partial charge in [0.15, 0.2) is 0 Å². The standard InChI is InChI=1S/C20H25N3O3/c24-18(23-12-11-20(26)10-4-3-5-14(20)13-23)9-8-17-21-16-7-2-1-6-15(16)19(25)22-17/h1-2,6-7,14,26H,3-5,8-13H2,(H,21,22,25)/t14-,20+/m1/s1. The first-order valence-corrected chi connectivity index (χ1v) is 9.53. The molecular weight excluding hydrogens is 330 g/mol. The van der Waals surface area contributed by atoms with Crippen LogP contribution in [0.2, 0.25) is 0 Å². The molecule has 0 spiro atoms. The number of piperidine rings is 1. The molecule has 4 rings (SSSR count). The Labute approximate surface area is 152 Å². The van der Waals surface area contributed by atoms with Crippen LogP contribution in [0.3, 0.4) is 0 Å². The summed E-state index contributed by atoms with van der Waals surface area (Å²) < 4.78 is 0. The van der Waals surface area contributed by atoms with Crippen molar-refractivity contribution in [2.75, 3.05) is 13.1 Å². The number of aromatic nitrogens is 2. The summed E-state index contributed by atoms with van der Waals surface area (Å²) in [6.07, 6.45) is 5.51. The van der Waals surface area contributed by atoms with E-state index in [9.17, 15) is 14.7 Å². The number of aryl methyl sites for hydroxylation is 1. The Bertz CT molecular complexity index is 878. The first kappa shape index (κ1) is 17.2. The molecule has 138 valence electrons. The number of likely N-dealkylation sites (tertiary alicyclic amines) is 1. The van der Waals surface area contributed by atoms with Crippen LogP contribution in [0.15, 0.2) is 29.1 Å². The molecular formula is C20H25N3O3. The number of carbonyl (C=O) groups is 1. The second-order valence-corrected chi connectivity index (χ2v) is 7.67. The van der Waals surface area contributed by atoms with E-state index in [2.05, 4.69) is 9.97 Å². The summed E-state index contributed by atoms with van der Waals surface area (Å²) in [6.45, 7) is 1.27. The van der Waals surface area contributed by atoms with Gasteiger partial charge in [-0.25, -0.2) is 4.98 Å². The smallest absolute Gasteiger partial charge is 0.258 e. The van der Waals surface area contributed by atoms with Crippen molar-refractivity contribution < 1.29 is 9.90 Å². The number of benzene rings is 1. The van der Waals surface area contributed by atoms with Crippen LogP contribution < -0.4 is 5.56 Å². The summed E-state index contributed by atoms with van der Waals surface area (Å²) in [7, 11) is 0. The molecule has 1 aromatic heterocycles. The van der Waals surface area contributed by atoms with E-state index in [1.807, 2.05) is 23.1 Å². The van der Waals surface area contributed by atoms with E-state index in [0.29, 0.717) is 49.1 Å². The molecule has 1 aromatic carbocycles. The normalized spacial score (nSPS) is 25.9. The molecule has 1 aliphatic carbocycles. The fourth-order valence-corrected chi connectivity index (χ4v) is 4.43. The second-order valence-electron chi connectivity index (χ2n) is 7.67. The number of hydrogen-bond acceptors (Lipinski definition) is 4. The Balaban J connectivity index is 1.41. The predicted molar refractivity (Wildman–Crippen MR) is 98.8 cm³/mol. The second kappa shape index (κ2) is 6.83. The molecule has 6 heteroatoms. The van der Waals surface area contributed by atoms with Gasteiger partial charge < -0.3 is 15.0 Å². The topological polar surface area (TPSA) is 86.3 Å². The average molecular weight is 355 g/mol. The number of para-hydroxylation sites is 1. The van der Waals surface area contributed by atoms with Crippen LogP contribution in [0.4, 0.5) is 0 Å². The van der Waals surface area contributed by atoms with Gasteiger partial charge >= 0.3 is 0 Å². The van der Waals surface area contributed by atoms with Crippen molar-refractivity contribution in [3.05, 3.63) is 40.4 Å². The van der Waals surface area contributed by atoms with Gasteiger partial charge in [-0.05, 0) is 31.4 Å². The highest BCUT2D eigenvalue weighted by Crippen LogP contribution is 2.39. The van der Waals surface area contributed by atoms with Gasteiger partial charge in [0.2, 0.25) is 5.91 Å². The average Bonchev–Trinajstić information content (AvgIpc) is 2.65. The van der Waals surface area contributed by atoms with E-state index in [0.717, 1.165) is 25.7 Å². The van der Waals surface area contributed by atoms with Crippen LogP contribution in [0, 0.1) is 5.92 Å². The summed E-state index contributed by atoms with van der Waals surface area (Å²) in [4.78, 5) is 33.9. The minimum Gasteiger partial charge on any atom is -0.389 e. The van der Waals surface area contributed by atoms with Crippen molar-refractivity contribution in [2.24, 2.45) is 5.92 Å². The highest BCUT2D eigenvalue weighted by atomic mass is 16.3. The molecule has 26 heavy (non-hydrogen) atoms. The van der Waals surface area contributed by atoms with Crippen molar-refractivity contribution >= 4 is 16.8 Å². The molecule has 2 atom stereocenters. The summed E-state index contributed by atoms with van der Waals surface area (Å²) in [5.74, 6) is 0.828. The minimum absolute atomic E-state index is 0.0773. The Kier molecular flexibility index (Phi) is 4.53. The van der Waals surface area contributed by atoms with Crippen molar-refractivity contribution in [1.29, 1.82) is 0 Å².